The van der Waals surface area contributed by atoms with E-state index in [-0.39, 0.29) is 6.26 Å². The molecule has 13 heteroatoms. The fourth-order valence-electron chi connectivity index (χ4n) is 0.607. The average Bonchev–Trinajstić information content (AvgIpc) is 1.93. The first kappa shape index (κ1) is 16.5. The topological polar surface area (TPSA) is 101 Å². The molecule has 0 rings (SSSR count). The van der Waals surface area contributed by atoms with Crippen LogP contribution < -0.4 is 0 Å². The highest BCUT2D eigenvalue weighted by Gasteiger charge is 2.62. The van der Waals surface area contributed by atoms with E-state index in [0.29, 0.717) is 0 Å². The molecule has 0 amide bonds. The van der Waals surface area contributed by atoms with Crippen molar-refractivity contribution in [1.29, 1.82) is 0 Å². The minimum Gasteiger partial charge on any atom is -0.743 e. The molecule has 1 unspecified atom stereocenters. The Kier molecular flexibility index (Phi) is 4.16. The molecule has 6 nitrogen and oxygen atoms in total. The molecule has 104 valence electrons. The smallest absolute Gasteiger partial charge is 0.423 e. The highest BCUT2D eigenvalue weighted by atomic mass is 32.2. The van der Waals surface area contributed by atoms with Crippen LogP contribution in [0.15, 0.2) is 0 Å². The second-order valence-corrected chi connectivity index (χ2v) is 5.79. The van der Waals surface area contributed by atoms with Crippen molar-refractivity contribution >= 4 is 20.2 Å². The summed E-state index contributed by atoms with van der Waals surface area (Å²) in [5.41, 5.74) is 0. The van der Waals surface area contributed by atoms with E-state index >= 15 is 0 Å². The van der Waals surface area contributed by atoms with Crippen LogP contribution in [0.2, 0.25) is 0 Å². The van der Waals surface area contributed by atoms with Gasteiger partial charge in [0.05, 0.1) is 6.26 Å². The summed E-state index contributed by atoms with van der Waals surface area (Å²) in [6.07, 6.45) is -10.7. The Bertz CT molecular complexity index is 475. The predicted octanol–water partition coefficient (Wildman–Crippen LogP) is 0.0315. The van der Waals surface area contributed by atoms with Gasteiger partial charge in [0.2, 0.25) is 6.10 Å². The summed E-state index contributed by atoms with van der Waals surface area (Å²) in [4.78, 5) is 0. The molecule has 0 bridgehead atoms. The first-order valence-corrected chi connectivity index (χ1v) is 6.60. The molecular formula is C4H4F5O6S2-. The van der Waals surface area contributed by atoms with Crippen molar-refractivity contribution in [2.24, 2.45) is 0 Å². The third kappa shape index (κ3) is 4.33. The van der Waals surface area contributed by atoms with E-state index in [9.17, 15) is 43.3 Å². The van der Waals surface area contributed by atoms with Crippen LogP contribution >= 0.6 is 0 Å². The molecule has 0 aliphatic carbocycles. The number of hydrogen-bond acceptors (Lipinski definition) is 6. The number of alkyl halides is 5. The van der Waals surface area contributed by atoms with Gasteiger partial charge in [-0.15, -0.1) is 0 Å². The van der Waals surface area contributed by atoms with E-state index in [0.717, 1.165) is 0 Å². The standard InChI is InChI=1S/C4H5F5O6S2/c1-16(10,11)15-2(3(5,6)7)4(8,9)17(12,13)14/h2H,1H3,(H,12,13,14)/p-1. The molecule has 0 saturated heterocycles. The Hall–Kier alpha value is -0.530. The largest absolute Gasteiger partial charge is 0.743 e. The summed E-state index contributed by atoms with van der Waals surface area (Å²) in [5.74, 6) is 0. The zero-order valence-electron chi connectivity index (χ0n) is 7.73. The van der Waals surface area contributed by atoms with Gasteiger partial charge in [0, 0.05) is 0 Å². The lowest BCUT2D eigenvalue weighted by Gasteiger charge is -2.28. The second-order valence-electron chi connectivity index (χ2n) is 2.74. The van der Waals surface area contributed by atoms with Crippen LogP contribution in [-0.4, -0.2) is 45.2 Å². The minimum atomic E-state index is -6.75. The average molecular weight is 307 g/mol. The fourth-order valence-corrected chi connectivity index (χ4v) is 1.69. The molecule has 0 aliphatic rings. The highest BCUT2D eigenvalue weighted by Crippen LogP contribution is 2.38. The third-order valence-electron chi connectivity index (χ3n) is 1.21. The van der Waals surface area contributed by atoms with Gasteiger partial charge in [-0.05, 0) is 0 Å². The van der Waals surface area contributed by atoms with Crippen LogP contribution in [0.25, 0.3) is 0 Å². The van der Waals surface area contributed by atoms with Crippen molar-refractivity contribution in [3.63, 3.8) is 0 Å². The normalized spacial score (nSPS) is 16.9. The van der Waals surface area contributed by atoms with E-state index in [1.54, 1.807) is 0 Å². The van der Waals surface area contributed by atoms with Gasteiger partial charge < -0.3 is 4.55 Å². The number of halogens is 5. The molecule has 17 heavy (non-hydrogen) atoms. The fraction of sp³-hybridized carbons (Fsp3) is 1.00. The Morgan fingerprint density at radius 1 is 1.06 bits per heavy atom. The highest BCUT2D eigenvalue weighted by molar-refractivity contribution is 7.87. The van der Waals surface area contributed by atoms with Crippen molar-refractivity contribution < 1.29 is 47.5 Å². The molecule has 0 spiro atoms. The van der Waals surface area contributed by atoms with Gasteiger partial charge in [-0.1, -0.05) is 0 Å². The maximum atomic E-state index is 12.6. The molecule has 0 saturated carbocycles. The van der Waals surface area contributed by atoms with Gasteiger partial charge in [-0.3, -0.25) is 0 Å². The molecule has 0 aromatic rings. The molecule has 0 fully saturated rings. The van der Waals surface area contributed by atoms with E-state index in [1.165, 1.54) is 0 Å². The molecule has 0 aromatic carbocycles. The molecule has 0 aliphatic heterocycles. The van der Waals surface area contributed by atoms with E-state index in [1.807, 2.05) is 0 Å². The van der Waals surface area contributed by atoms with E-state index in [2.05, 4.69) is 4.18 Å². The van der Waals surface area contributed by atoms with Crippen LogP contribution in [0, 0.1) is 0 Å². The lowest BCUT2D eigenvalue weighted by atomic mass is 10.4. The Labute approximate surface area is 92.2 Å². The van der Waals surface area contributed by atoms with Crippen molar-refractivity contribution in [1.82, 2.24) is 0 Å². The maximum Gasteiger partial charge on any atom is 0.423 e. The van der Waals surface area contributed by atoms with Gasteiger partial charge in [0.15, 0.2) is 10.1 Å². The van der Waals surface area contributed by atoms with Crippen molar-refractivity contribution in [2.45, 2.75) is 17.5 Å². The maximum absolute atomic E-state index is 12.6. The van der Waals surface area contributed by atoms with E-state index in [4.69, 9.17) is 0 Å². The zero-order valence-corrected chi connectivity index (χ0v) is 9.37. The molecule has 0 radical (unpaired) electrons. The molecule has 0 aromatic heterocycles. The summed E-state index contributed by atoms with van der Waals surface area (Å²) < 4.78 is 115. The zero-order chi connectivity index (χ0) is 14.3. The summed E-state index contributed by atoms with van der Waals surface area (Å²) >= 11 is 0. The monoisotopic (exact) mass is 307 g/mol. The second kappa shape index (κ2) is 4.29. The van der Waals surface area contributed by atoms with E-state index < -0.39 is 37.8 Å². The van der Waals surface area contributed by atoms with Crippen LogP contribution in [0.5, 0.6) is 0 Å². The van der Waals surface area contributed by atoms with Gasteiger partial charge in [0.25, 0.3) is 10.1 Å². The van der Waals surface area contributed by atoms with Crippen LogP contribution in [0.3, 0.4) is 0 Å². The number of rotatable bonds is 4. The third-order valence-corrected chi connectivity index (χ3v) is 2.63. The SMILES string of the molecule is CS(=O)(=O)OC(C(F)(F)F)C(F)(F)S(=O)(=O)[O-]. The van der Waals surface area contributed by atoms with Gasteiger partial charge in [0.1, 0.15) is 0 Å². The van der Waals surface area contributed by atoms with Crippen LogP contribution in [0.1, 0.15) is 0 Å². The first-order valence-electron chi connectivity index (χ1n) is 3.37. The van der Waals surface area contributed by atoms with Crippen LogP contribution in [0.4, 0.5) is 22.0 Å². The summed E-state index contributed by atoms with van der Waals surface area (Å²) in [5, 5.41) is -5.96. The number of hydrogen-bond donors (Lipinski definition) is 0. The van der Waals surface area contributed by atoms with Crippen LogP contribution in [-0.2, 0) is 24.4 Å². The minimum absolute atomic E-state index is 0.0146. The van der Waals surface area contributed by atoms with Gasteiger partial charge in [-0.2, -0.15) is 30.4 Å². The quantitative estimate of drug-likeness (QED) is 0.413. The summed E-state index contributed by atoms with van der Waals surface area (Å²) in [6.45, 7) is 0. The Morgan fingerprint density at radius 3 is 1.59 bits per heavy atom. The lowest BCUT2D eigenvalue weighted by Crippen LogP contribution is -2.52. The summed E-state index contributed by atoms with van der Waals surface area (Å²) in [6, 6.07) is 0. The van der Waals surface area contributed by atoms with Gasteiger partial charge in [-0.25, -0.2) is 12.6 Å². The first-order chi connectivity index (χ1) is 7.09. The Balaban J connectivity index is 5.68. The molecule has 0 heterocycles. The van der Waals surface area contributed by atoms with Crippen molar-refractivity contribution in [2.75, 3.05) is 6.26 Å². The Morgan fingerprint density at radius 2 is 1.41 bits per heavy atom. The van der Waals surface area contributed by atoms with Gasteiger partial charge >= 0.3 is 11.4 Å². The predicted molar refractivity (Wildman–Crippen MR) is 40.4 cm³/mol. The lowest BCUT2D eigenvalue weighted by molar-refractivity contribution is -0.237. The van der Waals surface area contributed by atoms with Crippen molar-refractivity contribution in [3.05, 3.63) is 0 Å². The van der Waals surface area contributed by atoms with Crippen molar-refractivity contribution in [3.8, 4) is 0 Å². The molecule has 0 N–H and O–H groups in total. The summed E-state index contributed by atoms with van der Waals surface area (Å²) in [7, 11) is -11.8. The molecular weight excluding hydrogens is 303 g/mol. The molecule has 1 atom stereocenters.